The summed E-state index contributed by atoms with van der Waals surface area (Å²) in [5, 5.41) is 0. The maximum atomic E-state index is 5.46. The zero-order chi connectivity index (χ0) is 11.4. The summed E-state index contributed by atoms with van der Waals surface area (Å²) in [6.07, 6.45) is 0. The SMILES string of the molecule is CC(=NCc1ccc(C)o1)c1ccccc1. The molecule has 2 aromatic rings. The Kier molecular flexibility index (Phi) is 3.20. The summed E-state index contributed by atoms with van der Waals surface area (Å²) in [5.41, 5.74) is 2.19. The molecule has 0 saturated heterocycles. The molecule has 1 aromatic carbocycles. The minimum absolute atomic E-state index is 0.606. The Labute approximate surface area is 95.6 Å². The van der Waals surface area contributed by atoms with Gasteiger partial charge in [0, 0.05) is 5.71 Å². The molecule has 0 bridgehead atoms. The third-order valence-electron chi connectivity index (χ3n) is 2.46. The van der Waals surface area contributed by atoms with Crippen molar-refractivity contribution in [3.63, 3.8) is 0 Å². The molecule has 2 nitrogen and oxygen atoms in total. The second-order valence-electron chi connectivity index (χ2n) is 3.78. The molecule has 0 spiro atoms. The lowest BCUT2D eigenvalue weighted by atomic mass is 10.1. The van der Waals surface area contributed by atoms with Crippen molar-refractivity contribution < 1.29 is 4.42 Å². The predicted molar refractivity (Wildman–Crippen MR) is 65.8 cm³/mol. The van der Waals surface area contributed by atoms with Crippen molar-refractivity contribution in [3.05, 3.63) is 59.5 Å². The van der Waals surface area contributed by atoms with Crippen LogP contribution in [0.3, 0.4) is 0 Å². The minimum atomic E-state index is 0.606. The van der Waals surface area contributed by atoms with Crippen LogP contribution in [0.1, 0.15) is 24.0 Å². The van der Waals surface area contributed by atoms with Crippen molar-refractivity contribution in [2.45, 2.75) is 20.4 Å². The summed E-state index contributed by atoms with van der Waals surface area (Å²) in [5.74, 6) is 1.84. The maximum absolute atomic E-state index is 5.46. The highest BCUT2D eigenvalue weighted by atomic mass is 16.3. The molecule has 16 heavy (non-hydrogen) atoms. The van der Waals surface area contributed by atoms with Crippen LogP contribution in [0.2, 0.25) is 0 Å². The van der Waals surface area contributed by atoms with E-state index in [0.717, 1.165) is 22.8 Å². The molecular formula is C14H15NO. The first-order chi connectivity index (χ1) is 7.75. The standard InChI is InChI=1S/C14H15NO/c1-11-8-9-14(16-11)10-15-12(2)13-6-4-3-5-7-13/h3-9H,10H2,1-2H3. The summed E-state index contributed by atoms with van der Waals surface area (Å²) in [7, 11) is 0. The topological polar surface area (TPSA) is 25.5 Å². The number of hydrogen-bond acceptors (Lipinski definition) is 2. The molecule has 0 aliphatic carbocycles. The third-order valence-corrected chi connectivity index (χ3v) is 2.46. The number of furan rings is 1. The van der Waals surface area contributed by atoms with Crippen LogP contribution in [0, 0.1) is 6.92 Å². The molecule has 0 N–H and O–H groups in total. The Morgan fingerprint density at radius 2 is 1.88 bits per heavy atom. The Morgan fingerprint density at radius 3 is 2.50 bits per heavy atom. The van der Waals surface area contributed by atoms with Crippen molar-refractivity contribution in [1.82, 2.24) is 0 Å². The van der Waals surface area contributed by atoms with E-state index >= 15 is 0 Å². The van der Waals surface area contributed by atoms with E-state index in [-0.39, 0.29) is 0 Å². The number of nitrogens with zero attached hydrogens (tertiary/aromatic N) is 1. The van der Waals surface area contributed by atoms with E-state index in [0.29, 0.717) is 6.54 Å². The number of aliphatic imine (C=N–C) groups is 1. The van der Waals surface area contributed by atoms with Crippen molar-refractivity contribution in [2.24, 2.45) is 4.99 Å². The Balaban J connectivity index is 2.08. The first kappa shape index (κ1) is 10.7. The lowest BCUT2D eigenvalue weighted by molar-refractivity contribution is 0.486. The number of hydrogen-bond donors (Lipinski definition) is 0. The Morgan fingerprint density at radius 1 is 1.12 bits per heavy atom. The molecule has 0 aliphatic rings. The fourth-order valence-corrected chi connectivity index (χ4v) is 1.54. The van der Waals surface area contributed by atoms with Crippen LogP contribution in [-0.4, -0.2) is 5.71 Å². The maximum Gasteiger partial charge on any atom is 0.125 e. The first-order valence-corrected chi connectivity index (χ1v) is 5.37. The summed E-state index contributed by atoms with van der Waals surface area (Å²) in [6, 6.07) is 14.1. The zero-order valence-electron chi connectivity index (χ0n) is 9.60. The average molecular weight is 213 g/mol. The van der Waals surface area contributed by atoms with E-state index in [1.165, 1.54) is 0 Å². The highest BCUT2D eigenvalue weighted by molar-refractivity contribution is 5.98. The highest BCUT2D eigenvalue weighted by Crippen LogP contribution is 2.09. The Bertz CT molecular complexity index is 482. The molecule has 82 valence electrons. The summed E-state index contributed by atoms with van der Waals surface area (Å²) >= 11 is 0. The molecule has 0 unspecified atom stereocenters. The molecule has 0 aliphatic heterocycles. The van der Waals surface area contributed by atoms with Gasteiger partial charge in [0.1, 0.15) is 11.5 Å². The van der Waals surface area contributed by atoms with E-state index in [9.17, 15) is 0 Å². The molecule has 0 fully saturated rings. The van der Waals surface area contributed by atoms with Crippen LogP contribution in [-0.2, 0) is 6.54 Å². The fourth-order valence-electron chi connectivity index (χ4n) is 1.54. The molecule has 2 rings (SSSR count). The summed E-state index contributed by atoms with van der Waals surface area (Å²) in [6.45, 7) is 4.57. The van der Waals surface area contributed by atoms with Crippen molar-refractivity contribution in [3.8, 4) is 0 Å². The fraction of sp³-hybridized carbons (Fsp3) is 0.214. The van der Waals surface area contributed by atoms with E-state index in [1.54, 1.807) is 0 Å². The number of aryl methyl sites for hydroxylation is 1. The van der Waals surface area contributed by atoms with E-state index in [1.807, 2.05) is 44.2 Å². The second-order valence-corrected chi connectivity index (χ2v) is 3.78. The van der Waals surface area contributed by atoms with Crippen LogP contribution in [0.25, 0.3) is 0 Å². The quantitative estimate of drug-likeness (QED) is 0.715. The van der Waals surface area contributed by atoms with Gasteiger partial charge >= 0.3 is 0 Å². The van der Waals surface area contributed by atoms with Crippen molar-refractivity contribution >= 4 is 5.71 Å². The van der Waals surface area contributed by atoms with Gasteiger partial charge < -0.3 is 4.42 Å². The van der Waals surface area contributed by atoms with E-state index in [4.69, 9.17) is 4.42 Å². The minimum Gasteiger partial charge on any atom is -0.464 e. The van der Waals surface area contributed by atoms with Gasteiger partial charge in [-0.3, -0.25) is 4.99 Å². The van der Waals surface area contributed by atoms with Gasteiger partial charge in [0.2, 0.25) is 0 Å². The molecule has 0 saturated carbocycles. The lowest BCUT2D eigenvalue weighted by Crippen LogP contribution is -1.94. The van der Waals surface area contributed by atoms with Gasteiger partial charge in [-0.25, -0.2) is 0 Å². The smallest absolute Gasteiger partial charge is 0.125 e. The average Bonchev–Trinajstić information content (AvgIpc) is 2.73. The molecule has 0 amide bonds. The molecular weight excluding hydrogens is 198 g/mol. The molecule has 2 heteroatoms. The van der Waals surface area contributed by atoms with Crippen LogP contribution < -0.4 is 0 Å². The third kappa shape index (κ3) is 2.60. The van der Waals surface area contributed by atoms with Gasteiger partial charge in [-0.1, -0.05) is 30.3 Å². The van der Waals surface area contributed by atoms with Gasteiger partial charge in [-0.2, -0.15) is 0 Å². The molecule has 0 atom stereocenters. The lowest BCUT2D eigenvalue weighted by Gasteiger charge is -1.99. The molecule has 0 radical (unpaired) electrons. The second kappa shape index (κ2) is 4.79. The van der Waals surface area contributed by atoms with Gasteiger partial charge in [0.15, 0.2) is 0 Å². The van der Waals surface area contributed by atoms with Crippen molar-refractivity contribution in [1.29, 1.82) is 0 Å². The highest BCUT2D eigenvalue weighted by Gasteiger charge is 1.98. The van der Waals surface area contributed by atoms with Crippen LogP contribution in [0.15, 0.2) is 51.9 Å². The normalized spacial score (nSPS) is 11.8. The Hall–Kier alpha value is -1.83. The van der Waals surface area contributed by atoms with Gasteiger partial charge in [-0.05, 0) is 31.5 Å². The van der Waals surface area contributed by atoms with Crippen LogP contribution >= 0.6 is 0 Å². The molecule has 1 heterocycles. The predicted octanol–water partition coefficient (Wildman–Crippen LogP) is 3.60. The van der Waals surface area contributed by atoms with E-state index < -0.39 is 0 Å². The van der Waals surface area contributed by atoms with E-state index in [2.05, 4.69) is 17.1 Å². The van der Waals surface area contributed by atoms with Gasteiger partial charge in [-0.15, -0.1) is 0 Å². The first-order valence-electron chi connectivity index (χ1n) is 5.37. The zero-order valence-corrected chi connectivity index (χ0v) is 9.60. The van der Waals surface area contributed by atoms with Gasteiger partial charge in [0.05, 0.1) is 6.54 Å². The summed E-state index contributed by atoms with van der Waals surface area (Å²) < 4.78 is 5.46. The van der Waals surface area contributed by atoms with Gasteiger partial charge in [0.25, 0.3) is 0 Å². The number of rotatable bonds is 3. The van der Waals surface area contributed by atoms with Crippen LogP contribution in [0.5, 0.6) is 0 Å². The van der Waals surface area contributed by atoms with Crippen LogP contribution in [0.4, 0.5) is 0 Å². The van der Waals surface area contributed by atoms with Crippen molar-refractivity contribution in [2.75, 3.05) is 0 Å². The largest absolute Gasteiger partial charge is 0.464 e. The monoisotopic (exact) mass is 213 g/mol. The molecule has 1 aromatic heterocycles. The number of benzene rings is 1. The summed E-state index contributed by atoms with van der Waals surface area (Å²) in [4.78, 5) is 4.50.